The van der Waals surface area contributed by atoms with Crippen LogP contribution < -0.4 is 19.9 Å². The van der Waals surface area contributed by atoms with Crippen LogP contribution in [0.2, 0.25) is 0 Å². The van der Waals surface area contributed by atoms with Gasteiger partial charge in [0.15, 0.2) is 11.5 Å². The van der Waals surface area contributed by atoms with Gasteiger partial charge in [-0.1, -0.05) is 30.3 Å². The third kappa shape index (κ3) is 3.98. The van der Waals surface area contributed by atoms with Crippen molar-refractivity contribution in [2.24, 2.45) is 0 Å². The number of hydrogen-bond donors (Lipinski definition) is 1. The molecule has 0 unspecified atom stereocenters. The number of fused-ring (bicyclic) bond motifs is 2. The summed E-state index contributed by atoms with van der Waals surface area (Å²) in [5, 5.41) is 0.743. The summed E-state index contributed by atoms with van der Waals surface area (Å²) < 4.78 is 17.1. The molecule has 2 aromatic heterocycles. The number of para-hydroxylation sites is 2. The molecule has 2 N–H and O–H groups in total. The zero-order valence-corrected chi connectivity index (χ0v) is 21.0. The van der Waals surface area contributed by atoms with Gasteiger partial charge in [-0.25, -0.2) is 9.78 Å². The Balaban J connectivity index is 1.75. The number of nitrogens with zero attached hydrogens (tertiary/aromatic N) is 2. The zero-order chi connectivity index (χ0) is 24.7. The van der Waals surface area contributed by atoms with Gasteiger partial charge < -0.3 is 24.8 Å². The van der Waals surface area contributed by atoms with Crippen molar-refractivity contribution in [3.8, 4) is 28.4 Å². The molecule has 7 nitrogen and oxygen atoms in total. The van der Waals surface area contributed by atoms with Gasteiger partial charge >= 0.3 is 5.97 Å². The fraction of sp³-hybridized carbons (Fsp3) is 0.259. The Morgan fingerprint density at radius 3 is 2.60 bits per heavy atom. The summed E-state index contributed by atoms with van der Waals surface area (Å²) in [6.07, 6.45) is 0.807. The van der Waals surface area contributed by atoms with Crippen LogP contribution in [0.4, 0.5) is 5.69 Å². The van der Waals surface area contributed by atoms with Gasteiger partial charge in [-0.15, -0.1) is 11.3 Å². The number of benzene rings is 2. The summed E-state index contributed by atoms with van der Waals surface area (Å²) in [7, 11) is 5.33. The van der Waals surface area contributed by atoms with E-state index in [9.17, 15) is 4.79 Å². The van der Waals surface area contributed by atoms with E-state index < -0.39 is 5.97 Å². The minimum atomic E-state index is -0.488. The third-order valence-electron chi connectivity index (χ3n) is 6.38. The van der Waals surface area contributed by atoms with E-state index in [0.29, 0.717) is 39.2 Å². The molecule has 0 saturated heterocycles. The quantitative estimate of drug-likeness (QED) is 0.309. The number of likely N-dealkylation sites (N-methyl/N-ethyl adjacent to an activating group) is 1. The van der Waals surface area contributed by atoms with Crippen molar-refractivity contribution in [3.63, 3.8) is 0 Å². The largest absolute Gasteiger partial charge is 0.493 e. The van der Waals surface area contributed by atoms with Crippen LogP contribution in [0.25, 0.3) is 21.3 Å². The van der Waals surface area contributed by atoms with E-state index in [1.165, 1.54) is 11.3 Å². The number of anilines is 1. The highest BCUT2D eigenvalue weighted by atomic mass is 32.1. The molecule has 0 bridgehead atoms. The lowest BCUT2D eigenvalue weighted by Gasteiger charge is -2.27. The first-order valence-corrected chi connectivity index (χ1v) is 12.2. The first-order valence-electron chi connectivity index (χ1n) is 11.3. The predicted molar refractivity (Wildman–Crippen MR) is 139 cm³/mol. The maximum Gasteiger partial charge on any atom is 0.355 e. The van der Waals surface area contributed by atoms with Gasteiger partial charge in [-0.3, -0.25) is 0 Å². The average molecular weight is 490 g/mol. The second kappa shape index (κ2) is 9.20. The third-order valence-corrected chi connectivity index (χ3v) is 7.45. The molecule has 0 saturated carbocycles. The normalized spacial score (nSPS) is 13.5. The van der Waals surface area contributed by atoms with E-state index in [2.05, 4.69) is 11.9 Å². The maximum absolute atomic E-state index is 13.2. The molecular formula is C27H27N3O4S. The van der Waals surface area contributed by atoms with Crippen molar-refractivity contribution in [3.05, 3.63) is 64.2 Å². The summed E-state index contributed by atoms with van der Waals surface area (Å²) in [6.45, 7) is 3.52. The molecule has 2 aromatic carbocycles. The van der Waals surface area contributed by atoms with Crippen molar-refractivity contribution >= 4 is 33.2 Å². The number of aryl methyl sites for hydroxylation is 1. The SMILES string of the molecule is COc1cccc(-c2c3c(nc4sc(C(=O)Oc5ccccc5C)c(N)c24)CCN(C)C3)c1OC. The Bertz CT molecular complexity index is 1450. The van der Waals surface area contributed by atoms with Gasteiger partial charge in [-0.2, -0.15) is 0 Å². The fourth-order valence-electron chi connectivity index (χ4n) is 4.61. The molecule has 0 atom stereocenters. The number of thiophene rings is 1. The van der Waals surface area contributed by atoms with Crippen molar-refractivity contribution in [1.29, 1.82) is 0 Å². The molecule has 4 aromatic rings. The van der Waals surface area contributed by atoms with Gasteiger partial charge in [0.1, 0.15) is 15.5 Å². The number of pyridine rings is 1. The monoisotopic (exact) mass is 489 g/mol. The second-order valence-corrected chi connectivity index (χ2v) is 9.62. The smallest absolute Gasteiger partial charge is 0.355 e. The number of aromatic nitrogens is 1. The zero-order valence-electron chi connectivity index (χ0n) is 20.2. The van der Waals surface area contributed by atoms with E-state index in [4.69, 9.17) is 24.9 Å². The van der Waals surface area contributed by atoms with Gasteiger partial charge in [0, 0.05) is 41.7 Å². The Labute approximate surface area is 208 Å². The van der Waals surface area contributed by atoms with Gasteiger partial charge in [0.2, 0.25) is 0 Å². The number of esters is 1. The lowest BCUT2D eigenvalue weighted by molar-refractivity contribution is 0.0739. The Kier molecular flexibility index (Phi) is 6.08. The molecule has 35 heavy (non-hydrogen) atoms. The van der Waals surface area contributed by atoms with E-state index in [1.54, 1.807) is 20.3 Å². The average Bonchev–Trinajstić information content (AvgIpc) is 3.19. The van der Waals surface area contributed by atoms with Gasteiger partial charge in [0.05, 0.1) is 19.9 Å². The molecule has 180 valence electrons. The van der Waals surface area contributed by atoms with Crippen molar-refractivity contribution < 1.29 is 19.0 Å². The van der Waals surface area contributed by atoms with Crippen LogP contribution in [0.1, 0.15) is 26.5 Å². The summed E-state index contributed by atoms with van der Waals surface area (Å²) in [6, 6.07) is 13.2. The fourth-order valence-corrected chi connectivity index (χ4v) is 5.61. The van der Waals surface area contributed by atoms with E-state index >= 15 is 0 Å². The number of rotatable bonds is 5. The topological polar surface area (TPSA) is 86.9 Å². The number of carbonyl (C=O) groups is 1. The Morgan fingerprint density at radius 2 is 1.86 bits per heavy atom. The standard InChI is InChI=1S/C27H27N3O4S/c1-15-8-5-6-10-19(15)34-27(31)25-23(28)22-21(16-9-7-11-20(32-3)24(16)33-4)17-14-30(2)13-12-18(17)29-26(22)35-25/h5-11H,12-14,28H2,1-4H3. The first-order chi connectivity index (χ1) is 16.9. The molecule has 0 fully saturated rings. The molecule has 0 spiro atoms. The van der Waals surface area contributed by atoms with Crippen LogP contribution >= 0.6 is 11.3 Å². The van der Waals surface area contributed by atoms with E-state index in [0.717, 1.165) is 46.3 Å². The lowest BCUT2D eigenvalue weighted by atomic mass is 9.91. The molecule has 8 heteroatoms. The van der Waals surface area contributed by atoms with Crippen LogP contribution in [0.5, 0.6) is 17.2 Å². The molecule has 1 aliphatic heterocycles. The van der Waals surface area contributed by atoms with E-state index in [-0.39, 0.29) is 0 Å². The number of nitrogen functional groups attached to an aromatic ring is 1. The van der Waals surface area contributed by atoms with Crippen molar-refractivity contribution in [2.45, 2.75) is 19.9 Å². The number of methoxy groups -OCH3 is 2. The number of hydrogen-bond acceptors (Lipinski definition) is 8. The summed E-state index contributed by atoms with van der Waals surface area (Å²) in [4.78, 5) is 21.5. The minimum absolute atomic E-state index is 0.342. The highest BCUT2D eigenvalue weighted by molar-refractivity contribution is 7.21. The molecule has 0 amide bonds. The molecule has 5 rings (SSSR count). The van der Waals surface area contributed by atoms with Crippen LogP contribution in [-0.4, -0.2) is 43.7 Å². The molecule has 0 radical (unpaired) electrons. The van der Waals surface area contributed by atoms with Crippen molar-refractivity contribution in [1.82, 2.24) is 9.88 Å². The lowest BCUT2D eigenvalue weighted by Crippen LogP contribution is -2.28. The van der Waals surface area contributed by atoms with Gasteiger partial charge in [0.25, 0.3) is 0 Å². The van der Waals surface area contributed by atoms with Crippen LogP contribution in [0.15, 0.2) is 42.5 Å². The highest BCUT2D eigenvalue weighted by Gasteiger charge is 2.29. The Hall–Kier alpha value is -3.62. The summed E-state index contributed by atoms with van der Waals surface area (Å²) >= 11 is 1.27. The second-order valence-electron chi connectivity index (χ2n) is 8.62. The molecule has 3 heterocycles. The first kappa shape index (κ1) is 23.1. The predicted octanol–water partition coefficient (Wildman–Crippen LogP) is 5.08. The van der Waals surface area contributed by atoms with Crippen LogP contribution in [0.3, 0.4) is 0 Å². The number of carbonyl (C=O) groups excluding carboxylic acids is 1. The van der Waals surface area contributed by atoms with E-state index in [1.807, 2.05) is 43.3 Å². The minimum Gasteiger partial charge on any atom is -0.493 e. The number of nitrogens with two attached hydrogens (primary N) is 1. The van der Waals surface area contributed by atoms with Gasteiger partial charge in [-0.05, 0) is 37.2 Å². The molecule has 0 aliphatic carbocycles. The Morgan fingerprint density at radius 1 is 1.09 bits per heavy atom. The highest BCUT2D eigenvalue weighted by Crippen LogP contribution is 2.48. The molecular weight excluding hydrogens is 462 g/mol. The molecule has 1 aliphatic rings. The van der Waals surface area contributed by atoms with Crippen molar-refractivity contribution in [2.75, 3.05) is 33.5 Å². The summed E-state index contributed by atoms with van der Waals surface area (Å²) in [5.41, 5.74) is 11.8. The number of ether oxygens (including phenoxy) is 3. The van der Waals surface area contributed by atoms with Crippen LogP contribution in [-0.2, 0) is 13.0 Å². The summed E-state index contributed by atoms with van der Waals surface area (Å²) in [5.74, 6) is 1.27. The van der Waals surface area contributed by atoms with Crippen LogP contribution in [0, 0.1) is 6.92 Å². The maximum atomic E-state index is 13.2.